The van der Waals surface area contributed by atoms with Crippen LogP contribution in [0.5, 0.6) is 0 Å². The molecular weight excluding hydrogens is 210 g/mol. The number of hydrogen-bond acceptors (Lipinski definition) is 2. The first-order chi connectivity index (χ1) is 7.46. The maximum absolute atomic E-state index is 13.2. The summed E-state index contributed by atoms with van der Waals surface area (Å²) in [6.45, 7) is 3.93. The Morgan fingerprint density at radius 1 is 1.31 bits per heavy atom. The maximum Gasteiger partial charge on any atom is 0.149 e. The second-order valence-electron chi connectivity index (χ2n) is 4.27. The molecule has 0 unspecified atom stereocenters. The Morgan fingerprint density at radius 3 is 2.38 bits per heavy atom. The summed E-state index contributed by atoms with van der Waals surface area (Å²) in [6, 6.07) is 5.83. The number of nitriles is 1. The average Bonchev–Trinajstić information content (AvgIpc) is 2.22. The minimum Gasteiger partial charge on any atom is -0.380 e. The molecule has 0 heterocycles. The Morgan fingerprint density at radius 2 is 1.88 bits per heavy atom. The summed E-state index contributed by atoms with van der Waals surface area (Å²) >= 11 is 0. The van der Waals surface area contributed by atoms with Crippen molar-refractivity contribution in [2.45, 2.75) is 20.3 Å². The molecule has 0 aliphatic rings. The molecule has 0 saturated heterocycles. The Hall–Kier alpha value is -1.63. The monoisotopic (exact) mass is 224 g/mol. The number of nitrogens with zero attached hydrogens (tertiary/aromatic N) is 1. The molecule has 0 spiro atoms. The third-order valence-electron chi connectivity index (χ3n) is 2.32. The zero-order valence-electron chi connectivity index (χ0n) is 9.35. The summed E-state index contributed by atoms with van der Waals surface area (Å²) < 4.78 is 26.4. The van der Waals surface area contributed by atoms with Gasteiger partial charge in [0, 0.05) is 6.54 Å². The summed E-state index contributed by atoms with van der Waals surface area (Å²) in [7, 11) is 0. The van der Waals surface area contributed by atoms with Crippen molar-refractivity contribution in [2.24, 2.45) is 5.41 Å². The molecule has 1 aromatic rings. The minimum absolute atomic E-state index is 0.128. The number of hydrogen-bond donors (Lipinski definition) is 1. The van der Waals surface area contributed by atoms with Gasteiger partial charge in [-0.15, -0.1) is 0 Å². The minimum atomic E-state index is -0.616. The van der Waals surface area contributed by atoms with Crippen LogP contribution >= 0.6 is 0 Å². The molecule has 1 rings (SSSR count). The highest BCUT2D eigenvalue weighted by molar-refractivity contribution is 5.45. The van der Waals surface area contributed by atoms with Crippen LogP contribution in [0.3, 0.4) is 0 Å². The number of benzene rings is 1. The average molecular weight is 224 g/mol. The quantitative estimate of drug-likeness (QED) is 0.851. The number of rotatable bonds is 4. The smallest absolute Gasteiger partial charge is 0.149 e. The first-order valence-electron chi connectivity index (χ1n) is 5.05. The van der Waals surface area contributed by atoms with Gasteiger partial charge in [0.1, 0.15) is 17.3 Å². The normalized spacial score (nSPS) is 10.9. The second-order valence-corrected chi connectivity index (χ2v) is 4.27. The fourth-order valence-electron chi connectivity index (χ4n) is 1.22. The van der Waals surface area contributed by atoms with Crippen molar-refractivity contribution in [3.63, 3.8) is 0 Å². The molecule has 0 saturated carbocycles. The van der Waals surface area contributed by atoms with Crippen molar-refractivity contribution in [3.05, 3.63) is 29.8 Å². The zero-order valence-corrected chi connectivity index (χ0v) is 9.35. The highest BCUT2D eigenvalue weighted by Gasteiger charge is 2.16. The predicted octanol–water partition coefficient (Wildman–Crippen LogP) is 3.32. The molecule has 1 aromatic carbocycles. The van der Waals surface area contributed by atoms with Crippen LogP contribution in [0, 0.1) is 28.4 Å². The van der Waals surface area contributed by atoms with Gasteiger partial charge in [-0.1, -0.05) is 6.07 Å². The molecule has 16 heavy (non-hydrogen) atoms. The molecule has 0 atom stereocenters. The van der Waals surface area contributed by atoms with E-state index in [9.17, 15) is 8.78 Å². The Balaban J connectivity index is 2.60. The molecule has 0 aliphatic carbocycles. The lowest BCUT2D eigenvalue weighted by molar-refractivity contribution is 0.465. The van der Waals surface area contributed by atoms with Crippen LogP contribution in [0.1, 0.15) is 20.3 Å². The van der Waals surface area contributed by atoms with E-state index in [-0.39, 0.29) is 5.69 Å². The number of nitrogens with one attached hydrogen (secondary N) is 1. The van der Waals surface area contributed by atoms with Gasteiger partial charge in [0.25, 0.3) is 0 Å². The van der Waals surface area contributed by atoms with Gasteiger partial charge in [-0.3, -0.25) is 0 Å². The molecule has 1 N–H and O–H groups in total. The lowest BCUT2D eigenvalue weighted by Crippen LogP contribution is -2.15. The van der Waals surface area contributed by atoms with Crippen molar-refractivity contribution in [3.8, 4) is 6.07 Å². The van der Waals surface area contributed by atoms with Crippen molar-refractivity contribution in [2.75, 3.05) is 11.9 Å². The first kappa shape index (κ1) is 12.4. The Kier molecular flexibility index (Phi) is 3.83. The van der Waals surface area contributed by atoms with Crippen LogP contribution in [0.25, 0.3) is 0 Å². The summed E-state index contributed by atoms with van der Waals surface area (Å²) in [4.78, 5) is 0. The van der Waals surface area contributed by atoms with E-state index in [0.29, 0.717) is 13.0 Å². The molecule has 0 radical (unpaired) electrons. The summed E-state index contributed by atoms with van der Waals surface area (Å²) in [5.41, 5.74) is -0.620. The summed E-state index contributed by atoms with van der Waals surface area (Å²) in [5.74, 6) is -1.23. The Labute approximate surface area is 93.9 Å². The predicted molar refractivity (Wildman–Crippen MR) is 58.9 cm³/mol. The van der Waals surface area contributed by atoms with Crippen molar-refractivity contribution < 1.29 is 8.78 Å². The fraction of sp³-hybridized carbons (Fsp3) is 0.417. The maximum atomic E-state index is 13.2. The largest absolute Gasteiger partial charge is 0.380 e. The van der Waals surface area contributed by atoms with Crippen molar-refractivity contribution >= 4 is 5.69 Å². The molecule has 4 heteroatoms. The van der Waals surface area contributed by atoms with Gasteiger partial charge in [0.15, 0.2) is 0 Å². The lowest BCUT2D eigenvalue weighted by atomic mass is 9.91. The summed E-state index contributed by atoms with van der Waals surface area (Å²) in [5, 5.41) is 11.4. The topological polar surface area (TPSA) is 35.8 Å². The molecule has 0 bridgehead atoms. The van der Waals surface area contributed by atoms with E-state index in [1.54, 1.807) is 13.8 Å². The van der Waals surface area contributed by atoms with E-state index < -0.39 is 17.0 Å². The van der Waals surface area contributed by atoms with E-state index in [1.807, 2.05) is 0 Å². The molecule has 2 nitrogen and oxygen atoms in total. The molecule has 0 aromatic heterocycles. The van der Waals surface area contributed by atoms with Crippen LogP contribution < -0.4 is 5.32 Å². The van der Waals surface area contributed by atoms with E-state index in [1.165, 1.54) is 18.2 Å². The lowest BCUT2D eigenvalue weighted by Gasteiger charge is -2.16. The second kappa shape index (κ2) is 4.93. The van der Waals surface area contributed by atoms with Crippen molar-refractivity contribution in [1.29, 1.82) is 5.26 Å². The third-order valence-corrected chi connectivity index (χ3v) is 2.32. The third kappa shape index (κ3) is 3.20. The summed E-state index contributed by atoms with van der Waals surface area (Å²) in [6.07, 6.45) is 0.525. The Bertz CT molecular complexity index is 388. The van der Waals surface area contributed by atoms with Crippen LogP contribution in [0.15, 0.2) is 18.2 Å². The molecule has 0 aliphatic heterocycles. The number of anilines is 1. The van der Waals surface area contributed by atoms with Gasteiger partial charge in [0.05, 0.1) is 11.5 Å². The molecule has 86 valence electrons. The number of halogens is 2. The molecular formula is C12H14F2N2. The van der Waals surface area contributed by atoms with Crippen LogP contribution in [-0.2, 0) is 0 Å². The highest BCUT2D eigenvalue weighted by Crippen LogP contribution is 2.21. The van der Waals surface area contributed by atoms with Gasteiger partial charge in [0.2, 0.25) is 0 Å². The van der Waals surface area contributed by atoms with E-state index in [4.69, 9.17) is 5.26 Å². The molecule has 0 amide bonds. The molecule has 0 fully saturated rings. The standard InChI is InChI=1S/C12H14F2N2/c1-12(2,8-15)6-7-16-11-9(13)4-3-5-10(11)14/h3-5,16H,6-7H2,1-2H3. The van der Waals surface area contributed by atoms with E-state index in [2.05, 4.69) is 11.4 Å². The van der Waals surface area contributed by atoms with Gasteiger partial charge in [-0.25, -0.2) is 8.78 Å². The SMILES string of the molecule is CC(C)(C#N)CCNc1c(F)cccc1F. The fourth-order valence-corrected chi connectivity index (χ4v) is 1.22. The number of para-hydroxylation sites is 1. The first-order valence-corrected chi connectivity index (χ1v) is 5.05. The van der Waals surface area contributed by atoms with E-state index in [0.717, 1.165) is 0 Å². The van der Waals surface area contributed by atoms with Crippen LogP contribution in [-0.4, -0.2) is 6.54 Å². The van der Waals surface area contributed by atoms with Gasteiger partial charge >= 0.3 is 0 Å². The van der Waals surface area contributed by atoms with Gasteiger partial charge in [-0.2, -0.15) is 5.26 Å². The highest BCUT2D eigenvalue weighted by atomic mass is 19.1. The van der Waals surface area contributed by atoms with Crippen LogP contribution in [0.4, 0.5) is 14.5 Å². The van der Waals surface area contributed by atoms with E-state index >= 15 is 0 Å². The van der Waals surface area contributed by atoms with Crippen molar-refractivity contribution in [1.82, 2.24) is 0 Å². The van der Waals surface area contributed by atoms with Crippen LogP contribution in [0.2, 0.25) is 0 Å². The van der Waals surface area contributed by atoms with Gasteiger partial charge < -0.3 is 5.32 Å². The van der Waals surface area contributed by atoms with Gasteiger partial charge in [-0.05, 0) is 32.4 Å². The zero-order chi connectivity index (χ0) is 12.2.